The van der Waals surface area contributed by atoms with Crippen molar-refractivity contribution in [3.05, 3.63) is 0 Å². The van der Waals surface area contributed by atoms with E-state index in [0.29, 0.717) is 0 Å². The second kappa shape index (κ2) is 5.51. The third kappa shape index (κ3) is 3.09. The van der Waals surface area contributed by atoms with E-state index < -0.39 is 0 Å². The summed E-state index contributed by atoms with van der Waals surface area (Å²) in [6, 6.07) is 0. The second-order valence-corrected chi connectivity index (χ2v) is 3.38. The lowest BCUT2D eigenvalue weighted by atomic mass is 9.98. The lowest BCUT2D eigenvalue weighted by Gasteiger charge is -2.25. The quantitative estimate of drug-likeness (QED) is 0.659. The molecular formula is C9H18O3. The van der Waals surface area contributed by atoms with Gasteiger partial charge >= 0.3 is 0 Å². The molecule has 0 heterocycles. The fourth-order valence-corrected chi connectivity index (χ4v) is 1.62. The Morgan fingerprint density at radius 1 is 1.08 bits per heavy atom. The molecule has 1 saturated carbocycles. The summed E-state index contributed by atoms with van der Waals surface area (Å²) in [7, 11) is 0. The smallest absolute Gasteiger partial charge is 0.104 e. The van der Waals surface area contributed by atoms with Gasteiger partial charge in [-0.3, -0.25) is 0 Å². The van der Waals surface area contributed by atoms with Crippen molar-refractivity contribution in [2.24, 2.45) is 0 Å². The van der Waals surface area contributed by atoms with Crippen molar-refractivity contribution in [1.29, 1.82) is 0 Å². The van der Waals surface area contributed by atoms with Gasteiger partial charge in [-0.2, -0.15) is 0 Å². The van der Waals surface area contributed by atoms with Gasteiger partial charge in [0.2, 0.25) is 0 Å². The molecule has 1 rings (SSSR count). The molecule has 0 amide bonds. The Bertz CT molecular complexity index is 106. The van der Waals surface area contributed by atoms with Crippen LogP contribution in [-0.4, -0.2) is 35.6 Å². The van der Waals surface area contributed by atoms with Crippen molar-refractivity contribution < 1.29 is 14.9 Å². The molecule has 0 aromatic rings. The van der Waals surface area contributed by atoms with Crippen LogP contribution in [0, 0.1) is 0 Å². The van der Waals surface area contributed by atoms with Crippen molar-refractivity contribution in [3.63, 3.8) is 0 Å². The highest BCUT2D eigenvalue weighted by Crippen LogP contribution is 2.21. The summed E-state index contributed by atoms with van der Waals surface area (Å²) < 4.78 is 5.49. The van der Waals surface area contributed by atoms with Gasteiger partial charge in [-0.15, -0.1) is 0 Å². The van der Waals surface area contributed by atoms with Crippen LogP contribution in [0.4, 0.5) is 0 Å². The second-order valence-electron chi connectivity index (χ2n) is 3.38. The summed E-state index contributed by atoms with van der Waals surface area (Å²) in [6.45, 7) is -0.153. The first-order valence-electron chi connectivity index (χ1n) is 4.74. The Kier molecular flexibility index (Phi) is 4.58. The zero-order valence-electron chi connectivity index (χ0n) is 7.41. The summed E-state index contributed by atoms with van der Waals surface area (Å²) in [5, 5.41) is 17.5. The monoisotopic (exact) mass is 174 g/mol. The Morgan fingerprint density at radius 2 is 1.67 bits per heavy atom. The van der Waals surface area contributed by atoms with E-state index >= 15 is 0 Å². The maximum atomic E-state index is 8.77. The highest BCUT2D eigenvalue weighted by atomic mass is 16.5. The van der Waals surface area contributed by atoms with Gasteiger partial charge in [0.15, 0.2) is 0 Å². The largest absolute Gasteiger partial charge is 0.394 e. The predicted octanol–water partition coefficient (Wildman–Crippen LogP) is 0.689. The molecule has 0 aromatic carbocycles. The zero-order chi connectivity index (χ0) is 8.81. The van der Waals surface area contributed by atoms with Gasteiger partial charge in [-0.1, -0.05) is 19.3 Å². The first kappa shape index (κ1) is 9.96. The average Bonchev–Trinajstić information content (AvgIpc) is 2.16. The van der Waals surface area contributed by atoms with Crippen molar-refractivity contribution in [1.82, 2.24) is 0 Å². The van der Waals surface area contributed by atoms with Gasteiger partial charge in [0.05, 0.1) is 19.3 Å². The van der Waals surface area contributed by atoms with E-state index in [9.17, 15) is 0 Å². The van der Waals surface area contributed by atoms with Gasteiger partial charge in [0.25, 0.3) is 0 Å². The summed E-state index contributed by atoms with van der Waals surface area (Å²) in [5.41, 5.74) is 0. The van der Waals surface area contributed by atoms with Crippen LogP contribution in [0.1, 0.15) is 32.1 Å². The van der Waals surface area contributed by atoms with E-state index in [1.807, 2.05) is 0 Å². The average molecular weight is 174 g/mol. The summed E-state index contributed by atoms with van der Waals surface area (Å²) in [5.74, 6) is 0. The molecule has 0 radical (unpaired) electrons. The molecular weight excluding hydrogens is 156 g/mol. The van der Waals surface area contributed by atoms with Crippen LogP contribution in [0.5, 0.6) is 0 Å². The fourth-order valence-electron chi connectivity index (χ4n) is 1.62. The van der Waals surface area contributed by atoms with Crippen molar-refractivity contribution >= 4 is 0 Å². The molecule has 2 N–H and O–H groups in total. The number of rotatable bonds is 4. The van der Waals surface area contributed by atoms with E-state index in [2.05, 4.69) is 0 Å². The minimum absolute atomic E-state index is 0.0764. The van der Waals surface area contributed by atoms with Crippen LogP contribution in [0.25, 0.3) is 0 Å². The summed E-state index contributed by atoms with van der Waals surface area (Å²) >= 11 is 0. The standard InChI is InChI=1S/C9H18O3/c10-6-9(7-11)12-8-4-2-1-3-5-8/h8-11H,1-7H2. The normalized spacial score (nSPS) is 20.2. The van der Waals surface area contributed by atoms with Crippen LogP contribution in [0.2, 0.25) is 0 Å². The van der Waals surface area contributed by atoms with Crippen LogP contribution in [0.15, 0.2) is 0 Å². The number of aliphatic hydroxyl groups is 2. The highest BCUT2D eigenvalue weighted by Gasteiger charge is 2.17. The van der Waals surface area contributed by atoms with E-state index in [1.54, 1.807) is 0 Å². The van der Waals surface area contributed by atoms with Gasteiger partial charge in [-0.25, -0.2) is 0 Å². The first-order chi connectivity index (χ1) is 5.86. The number of ether oxygens (including phenoxy) is 1. The SMILES string of the molecule is OCC(CO)OC1CCCCC1. The van der Waals surface area contributed by atoms with Gasteiger partial charge in [-0.05, 0) is 12.8 Å². The molecule has 0 saturated heterocycles. The molecule has 0 bridgehead atoms. The molecule has 0 atom stereocenters. The van der Waals surface area contributed by atoms with Crippen molar-refractivity contribution in [2.45, 2.75) is 44.3 Å². The van der Waals surface area contributed by atoms with Crippen LogP contribution in [0.3, 0.4) is 0 Å². The minimum atomic E-state index is -0.368. The highest BCUT2D eigenvalue weighted by molar-refractivity contribution is 4.67. The minimum Gasteiger partial charge on any atom is -0.394 e. The van der Waals surface area contributed by atoms with E-state index in [4.69, 9.17) is 14.9 Å². The topological polar surface area (TPSA) is 49.7 Å². The maximum absolute atomic E-state index is 8.77. The molecule has 1 aliphatic rings. The molecule has 0 spiro atoms. The van der Waals surface area contributed by atoms with Crippen molar-refractivity contribution in [3.8, 4) is 0 Å². The molecule has 0 aromatic heterocycles. The molecule has 72 valence electrons. The van der Waals surface area contributed by atoms with Crippen molar-refractivity contribution in [2.75, 3.05) is 13.2 Å². The third-order valence-electron chi connectivity index (χ3n) is 2.34. The lowest BCUT2D eigenvalue weighted by molar-refractivity contribution is -0.0741. The Hall–Kier alpha value is -0.120. The molecule has 12 heavy (non-hydrogen) atoms. The molecule has 3 nitrogen and oxygen atoms in total. The van der Waals surface area contributed by atoms with Gasteiger partial charge in [0.1, 0.15) is 6.10 Å². The first-order valence-corrected chi connectivity index (χ1v) is 4.74. The van der Waals surface area contributed by atoms with Gasteiger partial charge < -0.3 is 14.9 Å². The number of aliphatic hydroxyl groups excluding tert-OH is 2. The Balaban J connectivity index is 2.18. The number of hydrogen-bond donors (Lipinski definition) is 2. The van der Waals surface area contributed by atoms with E-state index in [-0.39, 0.29) is 25.4 Å². The Labute approximate surface area is 73.4 Å². The van der Waals surface area contributed by atoms with Gasteiger partial charge in [0, 0.05) is 0 Å². The Morgan fingerprint density at radius 3 is 2.17 bits per heavy atom. The molecule has 0 unspecified atom stereocenters. The van der Waals surface area contributed by atoms with E-state index in [1.165, 1.54) is 19.3 Å². The summed E-state index contributed by atoms with van der Waals surface area (Å²) in [4.78, 5) is 0. The lowest BCUT2D eigenvalue weighted by Crippen LogP contribution is -2.29. The fraction of sp³-hybridized carbons (Fsp3) is 1.00. The molecule has 1 aliphatic carbocycles. The van der Waals surface area contributed by atoms with Crippen LogP contribution >= 0.6 is 0 Å². The molecule has 1 fully saturated rings. The summed E-state index contributed by atoms with van der Waals surface area (Å²) in [6.07, 6.45) is 5.79. The van der Waals surface area contributed by atoms with Crippen LogP contribution < -0.4 is 0 Å². The predicted molar refractivity (Wildman–Crippen MR) is 45.9 cm³/mol. The number of hydrogen-bond acceptors (Lipinski definition) is 3. The molecule has 3 heteroatoms. The third-order valence-corrected chi connectivity index (χ3v) is 2.34. The van der Waals surface area contributed by atoms with Crippen LogP contribution in [-0.2, 0) is 4.74 Å². The maximum Gasteiger partial charge on any atom is 0.104 e. The molecule has 0 aliphatic heterocycles. The zero-order valence-corrected chi connectivity index (χ0v) is 7.41. The van der Waals surface area contributed by atoms with E-state index in [0.717, 1.165) is 12.8 Å².